The van der Waals surface area contributed by atoms with Crippen molar-refractivity contribution in [3.8, 4) is 5.75 Å². The molecule has 1 aromatic rings. The highest BCUT2D eigenvalue weighted by Gasteiger charge is 1.74. The lowest BCUT2D eigenvalue weighted by Gasteiger charge is -2.36. The van der Waals surface area contributed by atoms with Crippen molar-refractivity contribution in [2.45, 2.75) is 0 Å². The monoisotopic (exact) mass is 189 g/mol. The molecule has 68 valence electrons. The summed E-state index contributed by atoms with van der Waals surface area (Å²) in [6, 6.07) is 8.71. The summed E-state index contributed by atoms with van der Waals surface area (Å²) in [4.78, 5) is 25.6. The molecular weight excluding hydrogens is 183 g/mol. The second kappa shape index (κ2) is 4.90. The maximum absolute atomic E-state index is 8.63. The van der Waals surface area contributed by atoms with Crippen LogP contribution in [0.5, 0.6) is 5.75 Å². The number of phenolic OH excluding ortho intramolecular Hbond substituents is 1. The molecule has 1 N–H and O–H groups in total. The number of rotatable bonds is 0. The number of hydrogen-bond donors (Lipinski definition) is 1. The lowest BCUT2D eigenvalue weighted by Crippen LogP contribution is -2.24. The summed E-state index contributed by atoms with van der Waals surface area (Å²) in [5, 5.41) is 8.63. The molecule has 0 aliphatic heterocycles. The first kappa shape index (κ1) is 11.1. The third-order valence-electron chi connectivity index (χ3n) is 0.756. The van der Waals surface area contributed by atoms with E-state index < -0.39 is 7.82 Å². The van der Waals surface area contributed by atoms with E-state index in [0.29, 0.717) is 5.75 Å². The number of aromatic hydroxyl groups is 1. The van der Waals surface area contributed by atoms with Crippen LogP contribution in [0.1, 0.15) is 0 Å². The first-order chi connectivity index (χ1) is 5.39. The highest BCUT2D eigenvalue weighted by Crippen LogP contribution is 2.03. The second-order valence-electron chi connectivity index (χ2n) is 1.78. The molecule has 1 aromatic carbocycles. The molecule has 0 bridgehead atoms. The zero-order valence-electron chi connectivity index (χ0n) is 5.91. The molecule has 0 aliphatic carbocycles. The molecule has 0 atom stereocenters. The van der Waals surface area contributed by atoms with E-state index in [4.69, 9.17) is 24.4 Å². The summed E-state index contributed by atoms with van der Waals surface area (Å²) in [7, 11) is -5.39. The van der Waals surface area contributed by atoms with Crippen LogP contribution in [0, 0.1) is 0 Å². The Morgan fingerprint density at radius 1 is 1.08 bits per heavy atom. The molecule has 0 radical (unpaired) electrons. The van der Waals surface area contributed by atoms with Gasteiger partial charge in [0.2, 0.25) is 0 Å². The molecule has 0 unspecified atom stereocenters. The van der Waals surface area contributed by atoms with Gasteiger partial charge in [-0.25, -0.2) is 0 Å². The third kappa shape index (κ3) is 11.9. The quantitative estimate of drug-likeness (QED) is 0.503. The standard InChI is InChI=1S/C6H6O.H3O4P/c7-6-4-2-1-3-5-6;1-5(2,3)4/h1-5,7H;(H3,1,2,3,4)/p-3. The Morgan fingerprint density at radius 3 is 1.58 bits per heavy atom. The Kier molecular flexibility index (Phi) is 4.54. The van der Waals surface area contributed by atoms with Crippen molar-refractivity contribution in [1.29, 1.82) is 0 Å². The van der Waals surface area contributed by atoms with Crippen LogP contribution in [-0.4, -0.2) is 5.11 Å². The highest BCUT2D eigenvalue weighted by atomic mass is 31.2. The molecule has 0 heterocycles. The summed E-state index contributed by atoms with van der Waals surface area (Å²) in [6.45, 7) is 0. The second-order valence-corrected chi connectivity index (χ2v) is 2.68. The zero-order chi connectivity index (χ0) is 9.61. The van der Waals surface area contributed by atoms with Crippen molar-refractivity contribution in [3.05, 3.63) is 30.3 Å². The molecule has 0 spiro atoms. The van der Waals surface area contributed by atoms with Gasteiger partial charge in [0.1, 0.15) is 5.75 Å². The van der Waals surface area contributed by atoms with E-state index >= 15 is 0 Å². The topological polar surface area (TPSA) is 106 Å². The number of phosphoric acid groups is 1. The summed E-state index contributed by atoms with van der Waals surface area (Å²) in [6.07, 6.45) is 0. The smallest absolute Gasteiger partial charge is 0.115 e. The van der Waals surface area contributed by atoms with Crippen LogP contribution in [0.15, 0.2) is 30.3 Å². The summed E-state index contributed by atoms with van der Waals surface area (Å²) in [5.74, 6) is 0.322. The number of phenols is 1. The number of hydrogen-bond acceptors (Lipinski definition) is 5. The summed E-state index contributed by atoms with van der Waals surface area (Å²) < 4.78 is 8.55. The number of benzene rings is 1. The lowest BCUT2D eigenvalue weighted by atomic mass is 10.3. The van der Waals surface area contributed by atoms with Crippen molar-refractivity contribution in [2.24, 2.45) is 0 Å². The predicted molar refractivity (Wildman–Crippen MR) is 35.7 cm³/mol. The minimum Gasteiger partial charge on any atom is -0.822 e. The first-order valence-electron chi connectivity index (χ1n) is 2.86. The molecule has 1 rings (SSSR count). The maximum atomic E-state index is 8.63. The average molecular weight is 189 g/mol. The van der Waals surface area contributed by atoms with E-state index in [2.05, 4.69) is 0 Å². The van der Waals surface area contributed by atoms with Crippen LogP contribution in [0.25, 0.3) is 0 Å². The Bertz CT molecular complexity index is 246. The van der Waals surface area contributed by atoms with Crippen molar-refractivity contribution in [2.75, 3.05) is 0 Å². The van der Waals surface area contributed by atoms with Gasteiger partial charge >= 0.3 is 0 Å². The molecule has 0 aliphatic rings. The third-order valence-corrected chi connectivity index (χ3v) is 0.756. The van der Waals surface area contributed by atoms with Crippen molar-refractivity contribution >= 4 is 7.82 Å². The molecule has 0 saturated heterocycles. The Balaban J connectivity index is 0.000000217. The first-order valence-corrected chi connectivity index (χ1v) is 4.33. The normalized spacial score (nSPS) is 9.92. The summed E-state index contributed by atoms with van der Waals surface area (Å²) >= 11 is 0. The van der Waals surface area contributed by atoms with E-state index in [9.17, 15) is 0 Å². The van der Waals surface area contributed by atoms with E-state index in [0.717, 1.165) is 0 Å². The van der Waals surface area contributed by atoms with Gasteiger partial charge < -0.3 is 24.4 Å². The van der Waals surface area contributed by atoms with Gasteiger partial charge in [0.05, 0.1) is 0 Å². The Labute approximate surface area is 69.2 Å². The molecule has 0 amide bonds. The van der Waals surface area contributed by atoms with Crippen LogP contribution in [-0.2, 0) is 4.57 Å². The van der Waals surface area contributed by atoms with Crippen LogP contribution >= 0.6 is 7.82 Å². The average Bonchev–Trinajstić information content (AvgIpc) is 1.85. The molecular formula is C6H6O5P-3. The number of para-hydroxylation sites is 1. The fourth-order valence-electron chi connectivity index (χ4n) is 0.428. The molecule has 5 nitrogen and oxygen atoms in total. The van der Waals surface area contributed by atoms with Gasteiger partial charge in [-0.3, -0.25) is 0 Å². The van der Waals surface area contributed by atoms with Crippen LogP contribution in [0.4, 0.5) is 0 Å². The fraction of sp³-hybridized carbons (Fsp3) is 0. The Morgan fingerprint density at radius 2 is 1.42 bits per heavy atom. The van der Waals surface area contributed by atoms with Gasteiger partial charge in [-0.2, -0.15) is 7.82 Å². The molecule has 12 heavy (non-hydrogen) atoms. The highest BCUT2D eigenvalue weighted by molar-refractivity contribution is 7.40. The van der Waals surface area contributed by atoms with Gasteiger partial charge in [-0.05, 0) is 12.1 Å². The van der Waals surface area contributed by atoms with E-state index in [1.165, 1.54) is 0 Å². The van der Waals surface area contributed by atoms with Crippen LogP contribution in [0.3, 0.4) is 0 Å². The van der Waals surface area contributed by atoms with E-state index in [-0.39, 0.29) is 0 Å². The minimum atomic E-state index is -5.39. The zero-order valence-corrected chi connectivity index (χ0v) is 6.81. The van der Waals surface area contributed by atoms with Crippen LogP contribution < -0.4 is 14.7 Å². The molecule has 6 heteroatoms. The lowest BCUT2D eigenvalue weighted by molar-refractivity contribution is -0.432. The molecule has 0 fully saturated rings. The van der Waals surface area contributed by atoms with Crippen molar-refractivity contribution in [1.82, 2.24) is 0 Å². The fourth-order valence-corrected chi connectivity index (χ4v) is 0.428. The minimum absolute atomic E-state index is 0.322. The maximum Gasteiger partial charge on any atom is 0.115 e. The summed E-state index contributed by atoms with van der Waals surface area (Å²) in [5.41, 5.74) is 0. The SMILES string of the molecule is O=P([O-])([O-])[O-].Oc1ccccc1. The van der Waals surface area contributed by atoms with Crippen molar-refractivity contribution in [3.63, 3.8) is 0 Å². The molecule has 0 aromatic heterocycles. The molecule has 0 saturated carbocycles. The predicted octanol–water partition coefficient (Wildman–Crippen LogP) is -1.43. The van der Waals surface area contributed by atoms with Crippen molar-refractivity contribution < 1.29 is 24.4 Å². The largest absolute Gasteiger partial charge is 0.822 e. The van der Waals surface area contributed by atoms with Crippen LogP contribution in [0.2, 0.25) is 0 Å². The van der Waals surface area contributed by atoms with Gasteiger partial charge in [-0.1, -0.05) is 18.2 Å². The van der Waals surface area contributed by atoms with E-state index in [1.54, 1.807) is 24.3 Å². The van der Waals surface area contributed by atoms with Gasteiger partial charge in [-0.15, -0.1) is 0 Å². The van der Waals surface area contributed by atoms with Gasteiger partial charge in [0.15, 0.2) is 0 Å². The van der Waals surface area contributed by atoms with E-state index in [1.807, 2.05) is 6.07 Å². The van der Waals surface area contributed by atoms with Gasteiger partial charge in [0, 0.05) is 0 Å². The van der Waals surface area contributed by atoms with Gasteiger partial charge in [0.25, 0.3) is 0 Å². The Hall–Kier alpha value is -0.870.